The van der Waals surface area contributed by atoms with Gasteiger partial charge in [0.1, 0.15) is 0 Å². The Morgan fingerprint density at radius 3 is 2.82 bits per heavy atom. The van der Waals surface area contributed by atoms with Crippen LogP contribution in [0.1, 0.15) is 26.3 Å². The van der Waals surface area contributed by atoms with Crippen LogP contribution in [-0.2, 0) is 0 Å². The molecule has 2 aromatic heterocycles. The van der Waals surface area contributed by atoms with Crippen LogP contribution in [0, 0.1) is 10.2 Å². The molecule has 5 heteroatoms. The van der Waals surface area contributed by atoms with E-state index in [1.165, 1.54) is 0 Å². The van der Waals surface area contributed by atoms with Crippen molar-refractivity contribution in [1.82, 2.24) is 14.5 Å². The molecule has 1 aliphatic rings. The summed E-state index contributed by atoms with van der Waals surface area (Å²) in [6.07, 6.45) is 1.15. The van der Waals surface area contributed by atoms with Crippen molar-refractivity contribution in [3.63, 3.8) is 0 Å². The summed E-state index contributed by atoms with van der Waals surface area (Å²) in [5.41, 5.74) is 2.18. The summed E-state index contributed by atoms with van der Waals surface area (Å²) in [7, 11) is 1.63. The van der Waals surface area contributed by atoms with Crippen molar-refractivity contribution in [2.24, 2.45) is 5.41 Å². The standard InChI is InChI=1S/C12H15N3OS/c1-12(2)6-8(12)15-10-7(13-11(15)17)4-5-9(14-10)16-3/h4-5,8H,6H2,1-3H3,(H,13,17). The summed E-state index contributed by atoms with van der Waals surface area (Å²) in [5, 5.41) is 0. The van der Waals surface area contributed by atoms with Gasteiger partial charge in [0.05, 0.1) is 12.6 Å². The monoisotopic (exact) mass is 249 g/mol. The highest BCUT2D eigenvalue weighted by Gasteiger charge is 2.48. The summed E-state index contributed by atoms with van der Waals surface area (Å²) in [4.78, 5) is 7.68. The van der Waals surface area contributed by atoms with Gasteiger partial charge in [-0.3, -0.25) is 4.57 Å². The van der Waals surface area contributed by atoms with Gasteiger partial charge in [0, 0.05) is 12.1 Å². The maximum absolute atomic E-state index is 5.38. The van der Waals surface area contributed by atoms with Gasteiger partial charge in [-0.2, -0.15) is 4.98 Å². The SMILES string of the molecule is COc1ccc2[nH]c(=S)n(C3CC3(C)C)c2n1. The Morgan fingerprint density at radius 1 is 1.53 bits per heavy atom. The molecule has 1 unspecified atom stereocenters. The zero-order valence-corrected chi connectivity index (χ0v) is 11.0. The number of methoxy groups -OCH3 is 1. The van der Waals surface area contributed by atoms with E-state index in [0.29, 0.717) is 17.3 Å². The second-order valence-corrected chi connectivity index (χ2v) is 5.62. The van der Waals surface area contributed by atoms with Crippen LogP contribution in [0.4, 0.5) is 0 Å². The lowest BCUT2D eigenvalue weighted by molar-refractivity contribution is 0.398. The van der Waals surface area contributed by atoms with E-state index >= 15 is 0 Å². The van der Waals surface area contributed by atoms with Gasteiger partial charge in [0.25, 0.3) is 0 Å². The average molecular weight is 249 g/mol. The molecule has 0 radical (unpaired) electrons. The van der Waals surface area contributed by atoms with Gasteiger partial charge in [-0.25, -0.2) is 0 Å². The van der Waals surface area contributed by atoms with Crippen molar-refractivity contribution in [3.8, 4) is 5.88 Å². The minimum atomic E-state index is 0.318. The lowest BCUT2D eigenvalue weighted by Gasteiger charge is -2.06. The highest BCUT2D eigenvalue weighted by atomic mass is 32.1. The molecule has 0 bridgehead atoms. The van der Waals surface area contributed by atoms with Gasteiger partial charge in [-0.05, 0) is 30.1 Å². The zero-order chi connectivity index (χ0) is 12.2. The van der Waals surface area contributed by atoms with Crippen molar-refractivity contribution < 1.29 is 4.74 Å². The second kappa shape index (κ2) is 3.32. The second-order valence-electron chi connectivity index (χ2n) is 5.23. The number of ether oxygens (including phenoxy) is 1. The molecule has 17 heavy (non-hydrogen) atoms. The number of nitrogens with one attached hydrogen (secondary N) is 1. The molecule has 3 rings (SSSR count). The highest BCUT2D eigenvalue weighted by Crippen LogP contribution is 2.56. The first-order chi connectivity index (χ1) is 8.03. The summed E-state index contributed by atoms with van der Waals surface area (Å²) in [6.45, 7) is 4.50. The molecule has 0 aromatic carbocycles. The van der Waals surface area contributed by atoms with Gasteiger partial charge >= 0.3 is 0 Å². The third kappa shape index (κ3) is 1.57. The lowest BCUT2D eigenvalue weighted by Crippen LogP contribution is -2.01. The van der Waals surface area contributed by atoms with E-state index in [-0.39, 0.29) is 0 Å². The Balaban J connectivity index is 2.23. The largest absolute Gasteiger partial charge is 0.481 e. The molecule has 90 valence electrons. The van der Waals surface area contributed by atoms with Crippen molar-refractivity contribution in [3.05, 3.63) is 16.9 Å². The lowest BCUT2D eigenvalue weighted by atomic mass is 10.2. The Morgan fingerprint density at radius 2 is 2.24 bits per heavy atom. The van der Waals surface area contributed by atoms with E-state index < -0.39 is 0 Å². The fourth-order valence-electron chi connectivity index (χ4n) is 2.27. The molecule has 4 nitrogen and oxygen atoms in total. The van der Waals surface area contributed by atoms with Crippen LogP contribution >= 0.6 is 12.2 Å². The topological polar surface area (TPSA) is 42.8 Å². The Bertz CT molecular complexity index is 641. The molecule has 1 atom stereocenters. The number of pyridine rings is 1. The van der Waals surface area contributed by atoms with E-state index in [9.17, 15) is 0 Å². The minimum Gasteiger partial charge on any atom is -0.481 e. The van der Waals surface area contributed by atoms with Crippen molar-refractivity contribution in [2.45, 2.75) is 26.3 Å². The Hall–Kier alpha value is -1.36. The molecule has 1 fully saturated rings. The zero-order valence-electron chi connectivity index (χ0n) is 10.2. The highest BCUT2D eigenvalue weighted by molar-refractivity contribution is 7.71. The number of H-pyrrole nitrogens is 1. The molecule has 1 saturated carbocycles. The number of aromatic nitrogens is 3. The normalized spacial score (nSPS) is 21.7. The molecule has 0 aliphatic heterocycles. The molecule has 1 N–H and O–H groups in total. The number of fused-ring (bicyclic) bond motifs is 1. The smallest absolute Gasteiger partial charge is 0.215 e. The van der Waals surface area contributed by atoms with Crippen molar-refractivity contribution in [2.75, 3.05) is 7.11 Å². The first-order valence-electron chi connectivity index (χ1n) is 5.68. The quantitative estimate of drug-likeness (QED) is 0.832. The number of rotatable bonds is 2. The Kier molecular flexibility index (Phi) is 2.10. The van der Waals surface area contributed by atoms with E-state index in [1.54, 1.807) is 7.11 Å². The summed E-state index contributed by atoms with van der Waals surface area (Å²) >= 11 is 5.38. The van der Waals surface area contributed by atoms with Crippen LogP contribution in [0.2, 0.25) is 0 Å². The van der Waals surface area contributed by atoms with Gasteiger partial charge in [0.15, 0.2) is 10.4 Å². The van der Waals surface area contributed by atoms with Gasteiger partial charge in [0.2, 0.25) is 5.88 Å². The Labute approximate surface area is 105 Å². The van der Waals surface area contributed by atoms with Crippen LogP contribution in [0.3, 0.4) is 0 Å². The maximum Gasteiger partial charge on any atom is 0.215 e. The molecule has 1 aliphatic carbocycles. The van der Waals surface area contributed by atoms with E-state index in [2.05, 4.69) is 28.4 Å². The maximum atomic E-state index is 5.38. The van der Waals surface area contributed by atoms with Crippen LogP contribution in [-0.4, -0.2) is 21.6 Å². The average Bonchev–Trinajstić information content (AvgIpc) is 2.77. The van der Waals surface area contributed by atoms with Crippen molar-refractivity contribution >= 4 is 23.4 Å². The number of hydrogen-bond acceptors (Lipinski definition) is 3. The summed E-state index contributed by atoms with van der Waals surface area (Å²) in [6, 6.07) is 4.25. The van der Waals surface area contributed by atoms with Crippen LogP contribution in [0.15, 0.2) is 12.1 Å². The predicted molar refractivity (Wildman–Crippen MR) is 68.9 cm³/mol. The van der Waals surface area contributed by atoms with Gasteiger partial charge in [-0.15, -0.1) is 0 Å². The van der Waals surface area contributed by atoms with Gasteiger partial charge < -0.3 is 9.72 Å². The van der Waals surface area contributed by atoms with E-state index in [4.69, 9.17) is 17.0 Å². The fourth-order valence-corrected chi connectivity index (χ4v) is 2.59. The molecule has 2 heterocycles. The first kappa shape index (κ1) is 10.8. The number of imidazole rings is 1. The molecule has 0 amide bonds. The van der Waals surface area contributed by atoms with E-state index in [0.717, 1.165) is 22.4 Å². The van der Waals surface area contributed by atoms with Crippen LogP contribution in [0.25, 0.3) is 11.2 Å². The van der Waals surface area contributed by atoms with E-state index in [1.807, 2.05) is 12.1 Å². The summed E-state index contributed by atoms with van der Waals surface area (Å²) in [5.74, 6) is 0.624. The molecule has 2 aromatic rings. The number of nitrogens with zero attached hydrogens (tertiary/aromatic N) is 2. The molecule has 0 saturated heterocycles. The fraction of sp³-hybridized carbons (Fsp3) is 0.500. The van der Waals surface area contributed by atoms with Crippen LogP contribution < -0.4 is 4.74 Å². The number of hydrogen-bond donors (Lipinski definition) is 1. The third-order valence-corrected chi connectivity index (χ3v) is 3.82. The summed E-state index contributed by atoms with van der Waals surface area (Å²) < 4.78 is 8.03. The molecular formula is C12H15N3OS. The first-order valence-corrected chi connectivity index (χ1v) is 6.09. The molecule has 0 spiro atoms. The minimum absolute atomic E-state index is 0.318. The van der Waals surface area contributed by atoms with Crippen molar-refractivity contribution in [1.29, 1.82) is 0 Å². The molecular weight excluding hydrogens is 234 g/mol. The predicted octanol–water partition coefficient (Wildman–Crippen LogP) is 3.07. The van der Waals surface area contributed by atoms with Crippen LogP contribution in [0.5, 0.6) is 5.88 Å². The van der Waals surface area contributed by atoms with Gasteiger partial charge in [-0.1, -0.05) is 13.8 Å². The number of aromatic amines is 1. The third-order valence-electron chi connectivity index (χ3n) is 3.52.